The number of sulfonamides is 1. The van der Waals surface area contributed by atoms with Gasteiger partial charge in [-0.2, -0.15) is 5.10 Å². The fourth-order valence-electron chi connectivity index (χ4n) is 3.29. The van der Waals surface area contributed by atoms with Gasteiger partial charge < -0.3 is 5.32 Å². The smallest absolute Gasteiger partial charge is 0.240 e. The van der Waals surface area contributed by atoms with E-state index >= 15 is 0 Å². The van der Waals surface area contributed by atoms with Gasteiger partial charge in [-0.3, -0.25) is 0 Å². The van der Waals surface area contributed by atoms with E-state index in [1.807, 2.05) is 53.7 Å². The van der Waals surface area contributed by atoms with Gasteiger partial charge in [0.15, 0.2) is 5.82 Å². The summed E-state index contributed by atoms with van der Waals surface area (Å²) in [5, 5.41) is 7.62. The number of anilines is 1. The zero-order chi connectivity index (χ0) is 22.1. The number of nitrogens with zero attached hydrogens (tertiary/aromatic N) is 4. The Morgan fingerprint density at radius 1 is 0.867 bits per heavy atom. The van der Waals surface area contributed by atoms with Gasteiger partial charge in [0.2, 0.25) is 10.0 Å². The average Bonchev–Trinajstić information content (AvgIpc) is 2.99. The molecule has 0 bridgehead atoms. The molecule has 0 unspecified atom stereocenters. The number of nitrogens with one attached hydrogen (secondary N) is 2. The first-order valence-electron chi connectivity index (χ1n) is 9.77. The van der Waals surface area contributed by atoms with Crippen LogP contribution in [0.5, 0.6) is 0 Å². The number of rotatable bonds is 7. The second-order valence-electron chi connectivity index (χ2n) is 7.52. The van der Waals surface area contributed by atoms with Gasteiger partial charge in [0.05, 0.1) is 10.6 Å². The van der Waals surface area contributed by atoms with Crippen molar-refractivity contribution in [2.24, 2.45) is 0 Å². The van der Waals surface area contributed by atoms with Crippen LogP contribution in [0.15, 0.2) is 29.2 Å². The van der Waals surface area contributed by atoms with Crippen LogP contribution in [0.1, 0.15) is 33.9 Å². The minimum absolute atomic E-state index is 0.229. The molecule has 160 valence electrons. The highest BCUT2D eigenvalue weighted by Crippen LogP contribution is 2.20. The third-order valence-corrected chi connectivity index (χ3v) is 6.46. The van der Waals surface area contributed by atoms with Crippen LogP contribution in [0.25, 0.3) is 5.82 Å². The number of hydrogen-bond donors (Lipinski definition) is 2. The first-order chi connectivity index (χ1) is 14.1. The predicted octanol–water partition coefficient (Wildman–Crippen LogP) is 2.90. The molecule has 2 N–H and O–H groups in total. The van der Waals surface area contributed by atoms with Gasteiger partial charge in [-0.1, -0.05) is 6.07 Å². The fraction of sp³-hybridized carbons (Fsp3) is 0.381. The van der Waals surface area contributed by atoms with Crippen molar-refractivity contribution in [1.82, 2.24) is 24.5 Å². The topological polar surface area (TPSA) is 102 Å². The molecule has 0 aliphatic rings. The number of aryl methyl sites for hydroxylation is 6. The molecule has 0 aliphatic heterocycles. The van der Waals surface area contributed by atoms with Crippen LogP contribution in [0.3, 0.4) is 0 Å². The Kier molecular flexibility index (Phi) is 6.23. The van der Waals surface area contributed by atoms with Gasteiger partial charge in [-0.25, -0.2) is 27.8 Å². The molecule has 3 aromatic rings. The largest absolute Gasteiger partial charge is 0.369 e. The van der Waals surface area contributed by atoms with E-state index in [9.17, 15) is 8.42 Å². The van der Waals surface area contributed by atoms with Crippen molar-refractivity contribution >= 4 is 15.8 Å². The van der Waals surface area contributed by atoms with Crippen LogP contribution in [-0.4, -0.2) is 41.3 Å². The molecule has 0 spiro atoms. The van der Waals surface area contributed by atoms with Gasteiger partial charge in [0.25, 0.3) is 0 Å². The molecule has 2 aromatic heterocycles. The van der Waals surface area contributed by atoms with Gasteiger partial charge in [0.1, 0.15) is 11.6 Å². The Morgan fingerprint density at radius 2 is 1.57 bits per heavy atom. The third-order valence-electron chi connectivity index (χ3n) is 4.86. The number of aromatic nitrogens is 4. The second-order valence-corrected chi connectivity index (χ2v) is 9.26. The summed E-state index contributed by atoms with van der Waals surface area (Å²) in [5.74, 6) is 1.89. The Balaban J connectivity index is 1.67. The Hall–Kier alpha value is -2.78. The lowest BCUT2D eigenvalue weighted by Crippen LogP contribution is -2.29. The van der Waals surface area contributed by atoms with Crippen molar-refractivity contribution in [2.45, 2.75) is 46.4 Å². The molecule has 0 aliphatic carbocycles. The summed E-state index contributed by atoms with van der Waals surface area (Å²) in [6.07, 6.45) is 0. The number of hydrogen-bond acceptors (Lipinski definition) is 6. The summed E-state index contributed by atoms with van der Waals surface area (Å²) >= 11 is 0. The molecule has 2 heterocycles. The van der Waals surface area contributed by atoms with Crippen LogP contribution in [0, 0.1) is 41.5 Å². The summed E-state index contributed by atoms with van der Waals surface area (Å²) in [6, 6.07) is 7.39. The van der Waals surface area contributed by atoms with E-state index in [4.69, 9.17) is 0 Å². The van der Waals surface area contributed by atoms with Gasteiger partial charge in [-0.05, 0) is 70.4 Å². The molecular weight excluding hydrogens is 400 g/mol. The van der Waals surface area contributed by atoms with Crippen LogP contribution in [0.4, 0.5) is 5.82 Å². The van der Waals surface area contributed by atoms with Gasteiger partial charge in [0, 0.05) is 24.8 Å². The van der Waals surface area contributed by atoms with Crippen molar-refractivity contribution in [3.05, 3.63) is 58.2 Å². The Morgan fingerprint density at radius 3 is 2.23 bits per heavy atom. The van der Waals surface area contributed by atoms with E-state index in [-0.39, 0.29) is 6.54 Å². The fourth-order valence-corrected chi connectivity index (χ4v) is 4.63. The normalized spacial score (nSPS) is 11.7. The van der Waals surface area contributed by atoms with Crippen molar-refractivity contribution in [1.29, 1.82) is 0 Å². The molecule has 9 heteroatoms. The SMILES string of the molecule is Cc1cc(C)n(-c2cc(NCCNS(=O)(=O)c3cc(C)c(C)cc3C)nc(C)n2)n1. The van der Waals surface area contributed by atoms with Crippen LogP contribution in [-0.2, 0) is 10.0 Å². The first-order valence-corrected chi connectivity index (χ1v) is 11.3. The standard InChI is InChI=1S/C21H28N6O2S/c1-13-9-15(3)19(10-14(13)2)30(28,29)23-8-7-22-20-12-21(25-18(6)24-20)27-17(5)11-16(4)26-27/h9-12,23H,7-8H2,1-6H3,(H,22,24,25). The highest BCUT2D eigenvalue weighted by Gasteiger charge is 2.17. The monoisotopic (exact) mass is 428 g/mol. The van der Waals surface area contributed by atoms with Crippen molar-refractivity contribution in [3.63, 3.8) is 0 Å². The van der Waals surface area contributed by atoms with E-state index in [1.54, 1.807) is 16.8 Å². The summed E-state index contributed by atoms with van der Waals surface area (Å²) in [7, 11) is -3.58. The summed E-state index contributed by atoms with van der Waals surface area (Å²) in [6.45, 7) is 12.0. The lowest BCUT2D eigenvalue weighted by atomic mass is 10.1. The quantitative estimate of drug-likeness (QED) is 0.561. The van der Waals surface area contributed by atoms with E-state index in [2.05, 4.69) is 25.1 Å². The van der Waals surface area contributed by atoms with E-state index in [0.29, 0.717) is 28.9 Å². The lowest BCUT2D eigenvalue weighted by Gasteiger charge is -2.13. The lowest BCUT2D eigenvalue weighted by molar-refractivity contribution is 0.582. The predicted molar refractivity (Wildman–Crippen MR) is 118 cm³/mol. The molecule has 0 saturated heterocycles. The zero-order valence-corrected chi connectivity index (χ0v) is 19.1. The van der Waals surface area contributed by atoms with Crippen LogP contribution < -0.4 is 10.0 Å². The van der Waals surface area contributed by atoms with Crippen molar-refractivity contribution in [2.75, 3.05) is 18.4 Å². The molecule has 8 nitrogen and oxygen atoms in total. The van der Waals surface area contributed by atoms with Gasteiger partial charge in [-0.15, -0.1) is 0 Å². The molecule has 0 atom stereocenters. The third kappa shape index (κ3) is 4.85. The molecule has 0 radical (unpaired) electrons. The minimum Gasteiger partial charge on any atom is -0.369 e. The van der Waals surface area contributed by atoms with E-state index < -0.39 is 10.0 Å². The molecule has 3 rings (SSSR count). The Labute approximate surface area is 177 Å². The maximum absolute atomic E-state index is 12.7. The molecule has 0 amide bonds. The summed E-state index contributed by atoms with van der Waals surface area (Å²) < 4.78 is 29.8. The maximum Gasteiger partial charge on any atom is 0.240 e. The van der Waals surface area contributed by atoms with E-state index in [1.165, 1.54) is 0 Å². The zero-order valence-electron chi connectivity index (χ0n) is 18.2. The van der Waals surface area contributed by atoms with E-state index in [0.717, 1.165) is 28.1 Å². The first kappa shape index (κ1) is 21.9. The van der Waals surface area contributed by atoms with Crippen molar-refractivity contribution < 1.29 is 8.42 Å². The average molecular weight is 429 g/mol. The molecule has 30 heavy (non-hydrogen) atoms. The highest BCUT2D eigenvalue weighted by atomic mass is 32.2. The minimum atomic E-state index is -3.58. The summed E-state index contributed by atoms with van der Waals surface area (Å²) in [5.41, 5.74) is 4.65. The number of benzene rings is 1. The van der Waals surface area contributed by atoms with Crippen molar-refractivity contribution in [3.8, 4) is 5.82 Å². The Bertz CT molecular complexity index is 1180. The molecular formula is C21H28N6O2S. The summed E-state index contributed by atoms with van der Waals surface area (Å²) in [4.78, 5) is 9.15. The molecule has 0 fully saturated rings. The molecule has 0 saturated carbocycles. The molecule has 1 aromatic carbocycles. The van der Waals surface area contributed by atoms with Gasteiger partial charge >= 0.3 is 0 Å². The highest BCUT2D eigenvalue weighted by molar-refractivity contribution is 7.89. The van der Waals surface area contributed by atoms with Crippen LogP contribution >= 0.6 is 0 Å². The second kappa shape index (κ2) is 8.53. The maximum atomic E-state index is 12.7. The van der Waals surface area contributed by atoms with Crippen LogP contribution in [0.2, 0.25) is 0 Å².